The maximum absolute atomic E-state index is 9.10. The van der Waals surface area contributed by atoms with Crippen molar-refractivity contribution in [2.24, 2.45) is 5.92 Å². The summed E-state index contributed by atoms with van der Waals surface area (Å²) in [6, 6.07) is 19.1. The Kier molecular flexibility index (Phi) is 9.18. The molecular formula is C23H29NO5. The van der Waals surface area contributed by atoms with Gasteiger partial charge in [0.25, 0.3) is 0 Å². The summed E-state index contributed by atoms with van der Waals surface area (Å²) >= 11 is 0. The Hall–Kier alpha value is -2.86. The van der Waals surface area contributed by atoms with Crippen LogP contribution in [0.2, 0.25) is 0 Å². The van der Waals surface area contributed by atoms with Gasteiger partial charge in [-0.15, -0.1) is 0 Å². The lowest BCUT2D eigenvalue weighted by Gasteiger charge is -2.32. The van der Waals surface area contributed by atoms with E-state index in [2.05, 4.69) is 60.4 Å². The van der Waals surface area contributed by atoms with Crippen LogP contribution in [0.25, 0.3) is 0 Å². The molecule has 0 bridgehead atoms. The standard InChI is InChI=1S/C21H27NO.C2H2O4/c1-18-7-5-6-10-21(18)23-16-15-22-13-11-20(12-14-22)17-19-8-3-2-4-9-19;3-1(4)2(5)6/h2-10,20H,11-17H2,1H3;(H,3,4)(H,5,6). The molecule has 1 aliphatic rings. The Morgan fingerprint density at radius 1 is 0.966 bits per heavy atom. The number of piperidine rings is 1. The van der Waals surface area contributed by atoms with Crippen molar-refractivity contribution >= 4 is 11.9 Å². The van der Waals surface area contributed by atoms with Crippen molar-refractivity contribution < 1.29 is 24.5 Å². The highest BCUT2D eigenvalue weighted by Crippen LogP contribution is 2.22. The molecule has 0 radical (unpaired) electrons. The van der Waals surface area contributed by atoms with E-state index in [9.17, 15) is 0 Å². The number of carbonyl (C=O) groups is 2. The molecule has 0 aromatic heterocycles. The number of hydrogen-bond donors (Lipinski definition) is 2. The first-order valence-corrected chi connectivity index (χ1v) is 9.86. The van der Waals surface area contributed by atoms with Crippen LogP contribution < -0.4 is 4.74 Å². The van der Waals surface area contributed by atoms with E-state index < -0.39 is 11.9 Å². The Morgan fingerprint density at radius 2 is 1.55 bits per heavy atom. The number of nitrogens with zero attached hydrogens (tertiary/aromatic N) is 1. The average molecular weight is 399 g/mol. The number of likely N-dealkylation sites (tertiary alicyclic amines) is 1. The molecule has 0 saturated carbocycles. The maximum Gasteiger partial charge on any atom is 0.414 e. The van der Waals surface area contributed by atoms with Crippen molar-refractivity contribution in [2.75, 3.05) is 26.2 Å². The van der Waals surface area contributed by atoms with Crippen molar-refractivity contribution in [3.8, 4) is 5.75 Å². The molecule has 29 heavy (non-hydrogen) atoms. The van der Waals surface area contributed by atoms with Gasteiger partial charge < -0.3 is 14.9 Å². The van der Waals surface area contributed by atoms with Gasteiger partial charge in [0.2, 0.25) is 0 Å². The van der Waals surface area contributed by atoms with Crippen LogP contribution in [0.1, 0.15) is 24.0 Å². The molecular weight excluding hydrogens is 370 g/mol. The predicted molar refractivity (Wildman–Crippen MR) is 111 cm³/mol. The minimum atomic E-state index is -1.82. The number of rotatable bonds is 6. The highest BCUT2D eigenvalue weighted by molar-refractivity contribution is 6.27. The van der Waals surface area contributed by atoms with Crippen LogP contribution in [0.3, 0.4) is 0 Å². The Balaban J connectivity index is 0.000000438. The molecule has 156 valence electrons. The Morgan fingerprint density at radius 3 is 2.14 bits per heavy atom. The fourth-order valence-corrected chi connectivity index (χ4v) is 3.36. The third-order valence-corrected chi connectivity index (χ3v) is 5.02. The second-order valence-electron chi connectivity index (χ2n) is 7.20. The van der Waals surface area contributed by atoms with Crippen molar-refractivity contribution in [3.63, 3.8) is 0 Å². The van der Waals surface area contributed by atoms with E-state index >= 15 is 0 Å². The third kappa shape index (κ3) is 8.35. The van der Waals surface area contributed by atoms with Crippen molar-refractivity contribution in [2.45, 2.75) is 26.2 Å². The van der Waals surface area contributed by atoms with Crippen LogP contribution in [-0.2, 0) is 16.0 Å². The smallest absolute Gasteiger partial charge is 0.414 e. The quantitative estimate of drug-likeness (QED) is 0.723. The predicted octanol–water partition coefficient (Wildman–Crippen LogP) is 3.48. The number of para-hydroxylation sites is 1. The first-order chi connectivity index (χ1) is 14.0. The average Bonchev–Trinajstić information content (AvgIpc) is 2.72. The van der Waals surface area contributed by atoms with Gasteiger partial charge in [0.05, 0.1) is 0 Å². The maximum atomic E-state index is 9.10. The van der Waals surface area contributed by atoms with Crippen molar-refractivity contribution in [1.82, 2.24) is 4.90 Å². The first-order valence-electron chi connectivity index (χ1n) is 9.86. The summed E-state index contributed by atoms with van der Waals surface area (Å²) in [4.78, 5) is 20.7. The summed E-state index contributed by atoms with van der Waals surface area (Å²) in [5, 5.41) is 14.8. The second-order valence-corrected chi connectivity index (χ2v) is 7.20. The summed E-state index contributed by atoms with van der Waals surface area (Å²) in [5.74, 6) is -1.79. The monoisotopic (exact) mass is 399 g/mol. The number of benzene rings is 2. The molecule has 6 heteroatoms. The van der Waals surface area contributed by atoms with E-state index in [-0.39, 0.29) is 0 Å². The summed E-state index contributed by atoms with van der Waals surface area (Å²) in [6.07, 6.45) is 3.84. The summed E-state index contributed by atoms with van der Waals surface area (Å²) < 4.78 is 5.92. The summed E-state index contributed by atoms with van der Waals surface area (Å²) in [5.41, 5.74) is 2.70. The lowest BCUT2D eigenvalue weighted by Crippen LogP contribution is -2.37. The van der Waals surface area contributed by atoms with Crippen LogP contribution in [0.15, 0.2) is 54.6 Å². The molecule has 1 aliphatic heterocycles. The topological polar surface area (TPSA) is 87.1 Å². The fourth-order valence-electron chi connectivity index (χ4n) is 3.36. The fraction of sp³-hybridized carbons (Fsp3) is 0.391. The van der Waals surface area contributed by atoms with Gasteiger partial charge in [-0.3, -0.25) is 4.90 Å². The third-order valence-electron chi connectivity index (χ3n) is 5.02. The lowest BCUT2D eigenvalue weighted by atomic mass is 9.90. The molecule has 1 heterocycles. The van der Waals surface area contributed by atoms with E-state index in [0.717, 1.165) is 24.8 Å². The summed E-state index contributed by atoms with van der Waals surface area (Å²) in [6.45, 7) is 6.33. The first kappa shape index (κ1) is 22.4. The molecule has 0 spiro atoms. The van der Waals surface area contributed by atoms with E-state index in [1.165, 1.54) is 43.5 Å². The number of ether oxygens (including phenoxy) is 1. The van der Waals surface area contributed by atoms with Gasteiger partial charge in [-0.1, -0.05) is 48.5 Å². The van der Waals surface area contributed by atoms with Crippen LogP contribution in [0, 0.1) is 12.8 Å². The SMILES string of the molecule is Cc1ccccc1OCCN1CCC(Cc2ccccc2)CC1.O=C(O)C(=O)O. The van der Waals surface area contributed by atoms with Crippen LogP contribution in [0.5, 0.6) is 5.75 Å². The lowest BCUT2D eigenvalue weighted by molar-refractivity contribution is -0.159. The zero-order valence-corrected chi connectivity index (χ0v) is 16.8. The van der Waals surface area contributed by atoms with E-state index in [4.69, 9.17) is 24.5 Å². The zero-order chi connectivity index (χ0) is 21.1. The van der Waals surface area contributed by atoms with Crippen molar-refractivity contribution in [3.05, 3.63) is 65.7 Å². The van der Waals surface area contributed by atoms with E-state index in [1.54, 1.807) is 0 Å². The minimum Gasteiger partial charge on any atom is -0.492 e. The van der Waals surface area contributed by atoms with E-state index in [1.807, 2.05) is 6.07 Å². The second kappa shape index (κ2) is 11.9. The number of hydrogen-bond acceptors (Lipinski definition) is 4. The molecule has 3 rings (SSSR count). The molecule has 2 aromatic carbocycles. The molecule has 1 fully saturated rings. The molecule has 6 nitrogen and oxygen atoms in total. The van der Waals surface area contributed by atoms with Crippen LogP contribution >= 0.6 is 0 Å². The highest BCUT2D eigenvalue weighted by atomic mass is 16.5. The van der Waals surface area contributed by atoms with Gasteiger partial charge in [-0.2, -0.15) is 0 Å². The van der Waals surface area contributed by atoms with Gasteiger partial charge in [0.15, 0.2) is 0 Å². The molecule has 0 atom stereocenters. The molecule has 0 aliphatic carbocycles. The largest absolute Gasteiger partial charge is 0.492 e. The van der Waals surface area contributed by atoms with Crippen LogP contribution in [0.4, 0.5) is 0 Å². The van der Waals surface area contributed by atoms with Gasteiger partial charge in [0.1, 0.15) is 12.4 Å². The normalized spacial score (nSPS) is 14.5. The summed E-state index contributed by atoms with van der Waals surface area (Å²) in [7, 11) is 0. The van der Waals surface area contributed by atoms with E-state index in [0.29, 0.717) is 0 Å². The van der Waals surface area contributed by atoms with Gasteiger partial charge >= 0.3 is 11.9 Å². The minimum absolute atomic E-state index is 0.786. The molecule has 2 N–H and O–H groups in total. The van der Waals surface area contributed by atoms with Gasteiger partial charge in [-0.25, -0.2) is 9.59 Å². The Bertz CT molecular complexity index is 758. The number of carboxylic acids is 2. The van der Waals surface area contributed by atoms with Gasteiger partial charge in [-0.05, 0) is 62.4 Å². The van der Waals surface area contributed by atoms with Gasteiger partial charge in [0, 0.05) is 6.54 Å². The highest BCUT2D eigenvalue weighted by Gasteiger charge is 2.19. The number of carboxylic acid groups (broad SMARTS) is 2. The number of aryl methyl sites for hydroxylation is 1. The number of aliphatic carboxylic acids is 2. The van der Waals surface area contributed by atoms with Crippen molar-refractivity contribution in [1.29, 1.82) is 0 Å². The molecule has 2 aromatic rings. The molecule has 0 unspecified atom stereocenters. The zero-order valence-electron chi connectivity index (χ0n) is 16.8. The Labute approximate surface area is 171 Å². The van der Waals surface area contributed by atoms with Crippen LogP contribution in [-0.4, -0.2) is 53.3 Å². The molecule has 1 saturated heterocycles. The molecule has 0 amide bonds.